The first-order chi connectivity index (χ1) is 19.6. The zero-order valence-electron chi connectivity index (χ0n) is 24.0. The molecule has 3 aromatic rings. The number of amides is 2. The third kappa shape index (κ3) is 8.33. The topological polar surface area (TPSA) is 96.0 Å². The molecule has 1 N–H and O–H groups in total. The van der Waals surface area contributed by atoms with Crippen molar-refractivity contribution in [3.8, 4) is 5.75 Å². The molecule has 0 bridgehead atoms. The number of halogens is 1. The molecule has 8 nitrogen and oxygen atoms in total. The fourth-order valence-corrected chi connectivity index (χ4v) is 6.57. The van der Waals surface area contributed by atoms with Gasteiger partial charge in [0.05, 0.1) is 22.2 Å². The minimum absolute atomic E-state index is 0.00196. The molecule has 0 saturated heterocycles. The number of carbonyl (C=O) groups excluding carboxylic acids is 2. The van der Waals surface area contributed by atoms with Gasteiger partial charge in [-0.15, -0.1) is 0 Å². The molecule has 0 saturated carbocycles. The van der Waals surface area contributed by atoms with Crippen molar-refractivity contribution in [1.29, 1.82) is 0 Å². The van der Waals surface area contributed by atoms with Crippen molar-refractivity contribution >= 4 is 43.5 Å². The summed E-state index contributed by atoms with van der Waals surface area (Å²) in [4.78, 5) is 28.7. The lowest BCUT2D eigenvalue weighted by molar-refractivity contribution is -0.139. The van der Waals surface area contributed by atoms with Crippen LogP contribution in [0.4, 0.5) is 5.69 Å². The third-order valence-electron chi connectivity index (χ3n) is 6.73. The van der Waals surface area contributed by atoms with Gasteiger partial charge in [0.2, 0.25) is 11.8 Å². The summed E-state index contributed by atoms with van der Waals surface area (Å²) in [5, 5.41) is 2.90. The standard InChI is InChI=1S/C31H38BrN3O5S/c1-5-19-33-31(37)28(6-2)34(20-18-24-10-8-7-9-11-24)30(36)22-35(25-14-12-23(3)13-15-25)41(38,39)26-16-17-29(40-4)27(32)21-26/h7-17,21,28H,5-6,18-20,22H2,1-4H3,(H,33,37). The lowest BCUT2D eigenvalue weighted by Gasteiger charge is -2.33. The first kappa shape index (κ1) is 32.1. The number of aryl methyl sites for hydroxylation is 1. The maximum absolute atomic E-state index is 14.0. The maximum atomic E-state index is 14.0. The van der Waals surface area contributed by atoms with E-state index in [2.05, 4.69) is 21.2 Å². The van der Waals surface area contributed by atoms with Crippen LogP contribution in [0.2, 0.25) is 0 Å². The molecule has 0 heterocycles. The number of methoxy groups -OCH3 is 1. The van der Waals surface area contributed by atoms with E-state index in [0.29, 0.717) is 35.3 Å². The van der Waals surface area contributed by atoms with Gasteiger partial charge >= 0.3 is 0 Å². The molecule has 3 rings (SSSR count). The molecule has 3 aromatic carbocycles. The Bertz CT molecular complexity index is 1420. The lowest BCUT2D eigenvalue weighted by Crippen LogP contribution is -2.53. The number of nitrogens with one attached hydrogen (secondary N) is 1. The van der Waals surface area contributed by atoms with E-state index in [9.17, 15) is 18.0 Å². The molecule has 0 aromatic heterocycles. The molecule has 0 radical (unpaired) electrons. The van der Waals surface area contributed by atoms with Gasteiger partial charge in [0, 0.05) is 13.1 Å². The van der Waals surface area contributed by atoms with Crippen molar-refractivity contribution in [3.05, 3.63) is 88.4 Å². The second kappa shape index (κ2) is 15.0. The highest BCUT2D eigenvalue weighted by molar-refractivity contribution is 9.10. The van der Waals surface area contributed by atoms with Gasteiger partial charge in [-0.05, 0) is 78.0 Å². The van der Waals surface area contributed by atoms with Gasteiger partial charge in [-0.3, -0.25) is 13.9 Å². The first-order valence-electron chi connectivity index (χ1n) is 13.7. The van der Waals surface area contributed by atoms with Crippen LogP contribution in [-0.2, 0) is 26.0 Å². The summed E-state index contributed by atoms with van der Waals surface area (Å²) in [6, 6.07) is 20.4. The van der Waals surface area contributed by atoms with E-state index >= 15 is 0 Å². The van der Waals surface area contributed by atoms with Crippen LogP contribution in [0.25, 0.3) is 0 Å². The summed E-state index contributed by atoms with van der Waals surface area (Å²) in [6.45, 7) is 5.99. The molecule has 1 unspecified atom stereocenters. The van der Waals surface area contributed by atoms with Crippen LogP contribution in [0.15, 0.2) is 82.2 Å². The van der Waals surface area contributed by atoms with Crippen molar-refractivity contribution in [1.82, 2.24) is 10.2 Å². The van der Waals surface area contributed by atoms with Gasteiger partial charge in [0.25, 0.3) is 10.0 Å². The summed E-state index contributed by atoms with van der Waals surface area (Å²) >= 11 is 3.37. The fourth-order valence-electron chi connectivity index (χ4n) is 4.44. The first-order valence-corrected chi connectivity index (χ1v) is 15.9. The Morgan fingerprint density at radius 2 is 1.68 bits per heavy atom. The zero-order valence-corrected chi connectivity index (χ0v) is 26.4. The third-order valence-corrected chi connectivity index (χ3v) is 9.12. The number of carbonyl (C=O) groups is 2. The fraction of sp³-hybridized carbons (Fsp3) is 0.355. The maximum Gasteiger partial charge on any atom is 0.264 e. The highest BCUT2D eigenvalue weighted by Crippen LogP contribution is 2.31. The van der Waals surface area contributed by atoms with Crippen molar-refractivity contribution in [2.75, 3.05) is 31.0 Å². The van der Waals surface area contributed by atoms with Gasteiger partial charge < -0.3 is 15.0 Å². The smallest absolute Gasteiger partial charge is 0.264 e. The van der Waals surface area contributed by atoms with Crippen molar-refractivity contribution in [2.24, 2.45) is 0 Å². The molecule has 10 heteroatoms. The Kier molecular flexibility index (Phi) is 11.8. The monoisotopic (exact) mass is 643 g/mol. The Labute approximate surface area is 251 Å². The number of nitrogens with zero attached hydrogens (tertiary/aromatic N) is 2. The van der Waals surface area contributed by atoms with Crippen molar-refractivity contribution in [2.45, 2.75) is 51.0 Å². The molecule has 220 valence electrons. The number of rotatable bonds is 14. The minimum atomic E-state index is -4.18. The highest BCUT2D eigenvalue weighted by Gasteiger charge is 2.33. The Balaban J connectivity index is 2.02. The van der Waals surface area contributed by atoms with Gasteiger partial charge in [-0.1, -0.05) is 61.9 Å². The molecule has 0 fully saturated rings. The summed E-state index contributed by atoms with van der Waals surface area (Å²) in [5.41, 5.74) is 2.32. The molecular weight excluding hydrogens is 606 g/mol. The largest absolute Gasteiger partial charge is 0.496 e. The van der Waals surface area contributed by atoms with E-state index in [1.54, 1.807) is 30.3 Å². The molecule has 0 aliphatic rings. The SMILES string of the molecule is CCCNC(=O)C(CC)N(CCc1ccccc1)C(=O)CN(c1ccc(C)cc1)S(=O)(=O)c1ccc(OC)c(Br)c1. The van der Waals surface area contributed by atoms with E-state index in [4.69, 9.17) is 4.74 Å². The van der Waals surface area contributed by atoms with Crippen LogP contribution in [0.3, 0.4) is 0 Å². The number of hydrogen-bond acceptors (Lipinski definition) is 5. The average Bonchev–Trinajstić information content (AvgIpc) is 2.97. The van der Waals surface area contributed by atoms with Crippen molar-refractivity contribution < 1.29 is 22.7 Å². The van der Waals surface area contributed by atoms with Crippen molar-refractivity contribution in [3.63, 3.8) is 0 Å². The molecule has 0 aliphatic heterocycles. The summed E-state index contributed by atoms with van der Waals surface area (Å²) in [6.07, 6.45) is 1.67. The Morgan fingerprint density at radius 3 is 2.27 bits per heavy atom. The van der Waals surface area contributed by atoms with E-state index < -0.39 is 28.5 Å². The molecule has 2 amide bonds. The lowest BCUT2D eigenvalue weighted by atomic mass is 10.1. The predicted octanol–water partition coefficient (Wildman–Crippen LogP) is 5.34. The van der Waals surface area contributed by atoms with Crippen LogP contribution in [0, 0.1) is 6.92 Å². The van der Waals surface area contributed by atoms with Gasteiger partial charge in [0.15, 0.2) is 0 Å². The van der Waals surface area contributed by atoms with Crippen LogP contribution in [0.5, 0.6) is 5.75 Å². The number of sulfonamides is 1. The van der Waals surface area contributed by atoms with E-state index in [1.807, 2.05) is 51.1 Å². The predicted molar refractivity (Wildman–Crippen MR) is 166 cm³/mol. The van der Waals surface area contributed by atoms with Crippen LogP contribution in [0.1, 0.15) is 37.8 Å². The normalized spacial score (nSPS) is 11.9. The van der Waals surface area contributed by atoms with E-state index in [0.717, 1.165) is 21.9 Å². The molecule has 1 atom stereocenters. The zero-order chi connectivity index (χ0) is 30.0. The molecule has 0 spiro atoms. The van der Waals surface area contributed by atoms with E-state index in [-0.39, 0.29) is 17.3 Å². The van der Waals surface area contributed by atoms with Gasteiger partial charge in [-0.25, -0.2) is 8.42 Å². The van der Waals surface area contributed by atoms with Gasteiger partial charge in [0.1, 0.15) is 18.3 Å². The number of anilines is 1. The molecule has 0 aliphatic carbocycles. The Hall–Kier alpha value is -3.37. The van der Waals surface area contributed by atoms with Gasteiger partial charge in [-0.2, -0.15) is 0 Å². The summed E-state index contributed by atoms with van der Waals surface area (Å²) in [7, 11) is -2.68. The van der Waals surface area contributed by atoms with Crippen LogP contribution >= 0.6 is 15.9 Å². The Morgan fingerprint density at radius 1 is 1.00 bits per heavy atom. The minimum Gasteiger partial charge on any atom is -0.496 e. The quantitative estimate of drug-likeness (QED) is 0.256. The average molecular weight is 645 g/mol. The highest BCUT2D eigenvalue weighted by atomic mass is 79.9. The second-order valence-electron chi connectivity index (χ2n) is 9.68. The number of benzene rings is 3. The number of hydrogen-bond donors (Lipinski definition) is 1. The number of ether oxygens (including phenoxy) is 1. The molecule has 41 heavy (non-hydrogen) atoms. The summed E-state index contributed by atoms with van der Waals surface area (Å²) < 4.78 is 34.9. The molecular formula is C31H38BrN3O5S. The van der Waals surface area contributed by atoms with E-state index in [1.165, 1.54) is 24.1 Å². The second-order valence-corrected chi connectivity index (χ2v) is 12.4. The van der Waals surface area contributed by atoms with Crippen LogP contribution in [-0.4, -0.2) is 57.9 Å². The summed E-state index contributed by atoms with van der Waals surface area (Å²) in [5.74, 6) is -0.228. The van der Waals surface area contributed by atoms with Crippen LogP contribution < -0.4 is 14.4 Å².